The molecule has 20 heavy (non-hydrogen) atoms. The van der Waals surface area contributed by atoms with E-state index in [1.165, 1.54) is 23.5 Å². The Kier molecular flexibility index (Phi) is 5.55. The van der Waals surface area contributed by atoms with Gasteiger partial charge in [0.15, 0.2) is 0 Å². The Hall–Kier alpha value is -0.490. The van der Waals surface area contributed by atoms with Crippen LogP contribution in [-0.2, 0) is 6.42 Å². The number of nitrogens with one attached hydrogen (secondary N) is 1. The van der Waals surface area contributed by atoms with Gasteiger partial charge in [-0.1, -0.05) is 34.5 Å². The maximum absolute atomic E-state index is 14.1. The average Bonchev–Trinajstić information content (AvgIpc) is 2.73. The predicted octanol–water partition coefficient (Wildman–Crippen LogP) is 5.34. The topological polar surface area (TPSA) is 12.0 Å². The molecule has 1 unspecified atom stereocenters. The largest absolute Gasteiger partial charge is 0.310 e. The van der Waals surface area contributed by atoms with Crippen LogP contribution in [-0.4, -0.2) is 6.54 Å². The predicted molar refractivity (Wildman–Crippen MR) is 83.5 cm³/mol. The highest BCUT2D eigenvalue weighted by molar-refractivity contribution is 9.10. The Morgan fingerprint density at radius 2 is 1.95 bits per heavy atom. The zero-order chi connectivity index (χ0) is 14.7. The number of hydrogen-bond donors (Lipinski definition) is 1. The van der Waals surface area contributed by atoms with Crippen LogP contribution in [0.1, 0.15) is 23.4 Å². The highest BCUT2D eigenvalue weighted by Crippen LogP contribution is 2.30. The maximum Gasteiger partial charge on any atom is 0.132 e. The van der Waals surface area contributed by atoms with Gasteiger partial charge in [-0.25, -0.2) is 8.78 Å². The van der Waals surface area contributed by atoms with E-state index in [0.29, 0.717) is 21.8 Å². The minimum absolute atomic E-state index is 0.0690. The van der Waals surface area contributed by atoms with Crippen LogP contribution in [0.3, 0.4) is 0 Å². The molecule has 6 heteroatoms. The molecule has 0 fully saturated rings. The van der Waals surface area contributed by atoms with Crippen LogP contribution in [0.15, 0.2) is 28.7 Å². The Bertz CT molecular complexity index is 580. The second-order valence-corrected chi connectivity index (χ2v) is 7.02. The van der Waals surface area contributed by atoms with Gasteiger partial charge in [0.25, 0.3) is 0 Å². The summed E-state index contributed by atoms with van der Waals surface area (Å²) >= 11 is 10.4. The van der Waals surface area contributed by atoms with Crippen LogP contribution in [0, 0.1) is 11.6 Å². The molecule has 1 aromatic heterocycles. The lowest BCUT2D eigenvalue weighted by Crippen LogP contribution is -2.24. The third-order valence-electron chi connectivity index (χ3n) is 2.88. The van der Waals surface area contributed by atoms with E-state index in [1.807, 2.05) is 13.0 Å². The van der Waals surface area contributed by atoms with Gasteiger partial charge in [-0.15, -0.1) is 11.3 Å². The summed E-state index contributed by atoms with van der Waals surface area (Å²) in [6.45, 7) is 2.53. The van der Waals surface area contributed by atoms with Crippen LogP contribution in [0.25, 0.3) is 0 Å². The fourth-order valence-electron chi connectivity index (χ4n) is 2.07. The van der Waals surface area contributed by atoms with E-state index in [2.05, 4.69) is 21.2 Å². The van der Waals surface area contributed by atoms with E-state index in [-0.39, 0.29) is 5.56 Å². The minimum atomic E-state index is -0.550. The third kappa shape index (κ3) is 3.79. The van der Waals surface area contributed by atoms with Crippen molar-refractivity contribution in [2.24, 2.45) is 0 Å². The summed E-state index contributed by atoms with van der Waals surface area (Å²) in [4.78, 5) is 0.989. The molecule has 0 amide bonds. The Balaban J connectivity index is 2.33. The zero-order valence-electron chi connectivity index (χ0n) is 10.7. The van der Waals surface area contributed by atoms with Crippen LogP contribution in [0.4, 0.5) is 8.78 Å². The lowest BCUT2D eigenvalue weighted by atomic mass is 10.0. The van der Waals surface area contributed by atoms with Gasteiger partial charge in [0.2, 0.25) is 0 Å². The molecule has 0 bridgehead atoms. The molecule has 0 saturated carbocycles. The van der Waals surface area contributed by atoms with E-state index >= 15 is 0 Å². The summed E-state index contributed by atoms with van der Waals surface area (Å²) in [6, 6.07) is 5.82. The Labute approximate surface area is 134 Å². The molecule has 0 aliphatic carbocycles. The van der Waals surface area contributed by atoms with Crippen LogP contribution in [0.2, 0.25) is 4.34 Å². The second-order valence-electron chi connectivity index (χ2n) is 4.30. The second kappa shape index (κ2) is 6.98. The average molecular weight is 381 g/mol. The number of likely N-dealkylation sites (N-methyl/N-ethyl adjacent to an activating group) is 1. The molecule has 1 nitrogen and oxygen atoms in total. The summed E-state index contributed by atoms with van der Waals surface area (Å²) in [6.07, 6.45) is 0.501. The molecule has 1 heterocycles. The van der Waals surface area contributed by atoms with Crippen LogP contribution < -0.4 is 5.32 Å². The fraction of sp³-hybridized carbons (Fsp3) is 0.286. The summed E-state index contributed by atoms with van der Waals surface area (Å²) < 4.78 is 29.2. The molecule has 0 radical (unpaired) electrons. The van der Waals surface area contributed by atoms with Gasteiger partial charge in [0.1, 0.15) is 11.6 Å². The molecule has 2 aromatic rings. The standard InChI is InChI=1S/C14H13BrClF2NS/c1-2-19-12(7-9-3-4-13(16)20-9)14-10(17)5-8(15)6-11(14)18/h3-6,12,19H,2,7H2,1H3. The summed E-state index contributed by atoms with van der Waals surface area (Å²) in [7, 11) is 0. The van der Waals surface area contributed by atoms with Crippen molar-refractivity contribution in [1.82, 2.24) is 5.32 Å². The minimum Gasteiger partial charge on any atom is -0.310 e. The van der Waals surface area contributed by atoms with Gasteiger partial charge < -0.3 is 5.32 Å². The molecule has 0 spiro atoms. The third-order valence-corrected chi connectivity index (χ3v) is 4.59. The van der Waals surface area contributed by atoms with Crippen molar-refractivity contribution in [1.29, 1.82) is 0 Å². The SMILES string of the molecule is CCNC(Cc1ccc(Cl)s1)c1c(F)cc(Br)cc1F. The van der Waals surface area contributed by atoms with Crippen LogP contribution >= 0.6 is 38.9 Å². The van der Waals surface area contributed by atoms with Gasteiger partial charge in [-0.2, -0.15) is 0 Å². The van der Waals surface area contributed by atoms with E-state index in [9.17, 15) is 8.78 Å². The smallest absolute Gasteiger partial charge is 0.132 e. The first-order chi connectivity index (χ1) is 9.51. The number of thiophene rings is 1. The van der Waals surface area contributed by atoms with Crippen molar-refractivity contribution >= 4 is 38.9 Å². The van der Waals surface area contributed by atoms with E-state index < -0.39 is 17.7 Å². The summed E-state index contributed by atoms with van der Waals surface area (Å²) in [5.74, 6) is -1.10. The normalized spacial score (nSPS) is 12.7. The highest BCUT2D eigenvalue weighted by Gasteiger charge is 2.21. The lowest BCUT2D eigenvalue weighted by Gasteiger charge is -2.19. The van der Waals surface area contributed by atoms with Gasteiger partial charge in [0, 0.05) is 27.4 Å². The molecule has 0 aliphatic rings. The first-order valence-electron chi connectivity index (χ1n) is 6.13. The van der Waals surface area contributed by atoms with E-state index in [1.54, 1.807) is 6.07 Å². The van der Waals surface area contributed by atoms with Crippen molar-refractivity contribution in [3.8, 4) is 0 Å². The summed E-state index contributed by atoms with van der Waals surface area (Å²) in [5.41, 5.74) is 0.0690. The van der Waals surface area contributed by atoms with Gasteiger partial charge in [0.05, 0.1) is 4.34 Å². The molecule has 1 N–H and O–H groups in total. The van der Waals surface area contributed by atoms with Crippen molar-refractivity contribution in [2.45, 2.75) is 19.4 Å². The van der Waals surface area contributed by atoms with Gasteiger partial charge in [-0.05, 0) is 30.8 Å². The van der Waals surface area contributed by atoms with Crippen molar-refractivity contribution in [3.63, 3.8) is 0 Å². The van der Waals surface area contributed by atoms with Gasteiger partial charge >= 0.3 is 0 Å². The molecule has 0 aliphatic heterocycles. The lowest BCUT2D eigenvalue weighted by molar-refractivity contribution is 0.474. The molecule has 2 rings (SSSR count). The maximum atomic E-state index is 14.1. The number of hydrogen-bond acceptors (Lipinski definition) is 2. The first kappa shape index (κ1) is 15.9. The Morgan fingerprint density at radius 1 is 1.30 bits per heavy atom. The van der Waals surface area contributed by atoms with Gasteiger partial charge in [-0.3, -0.25) is 0 Å². The molecular weight excluding hydrogens is 368 g/mol. The fourth-order valence-corrected chi connectivity index (χ4v) is 3.61. The molecule has 1 atom stereocenters. The number of halogens is 4. The van der Waals surface area contributed by atoms with Crippen molar-refractivity contribution < 1.29 is 8.78 Å². The highest BCUT2D eigenvalue weighted by atomic mass is 79.9. The Morgan fingerprint density at radius 3 is 2.45 bits per heavy atom. The molecule has 0 saturated heterocycles. The zero-order valence-corrected chi connectivity index (χ0v) is 13.9. The first-order valence-corrected chi connectivity index (χ1v) is 8.12. The molecule has 108 valence electrons. The van der Waals surface area contributed by atoms with Crippen molar-refractivity contribution in [2.75, 3.05) is 6.54 Å². The molecule has 1 aromatic carbocycles. The number of benzene rings is 1. The summed E-state index contributed by atoms with van der Waals surface area (Å²) in [5, 5.41) is 3.13. The van der Waals surface area contributed by atoms with E-state index in [4.69, 9.17) is 11.6 Å². The quantitative estimate of drug-likeness (QED) is 0.738. The van der Waals surface area contributed by atoms with E-state index in [0.717, 1.165) is 4.88 Å². The number of rotatable bonds is 5. The molecular formula is C14H13BrClF2NS. The van der Waals surface area contributed by atoms with Crippen LogP contribution in [0.5, 0.6) is 0 Å². The monoisotopic (exact) mass is 379 g/mol. The van der Waals surface area contributed by atoms with Crippen molar-refractivity contribution in [3.05, 3.63) is 55.1 Å².